The first kappa shape index (κ1) is 16.4. The van der Waals surface area contributed by atoms with Crippen LogP contribution in [0.5, 0.6) is 6.01 Å². The second kappa shape index (κ2) is 6.65. The number of hydrogen-bond acceptors (Lipinski definition) is 7. The highest BCUT2D eigenvalue weighted by atomic mass is 32.2. The summed E-state index contributed by atoms with van der Waals surface area (Å²) < 4.78 is 33.5. The molecule has 1 heterocycles. The van der Waals surface area contributed by atoms with Gasteiger partial charge in [-0.1, -0.05) is 6.92 Å². The van der Waals surface area contributed by atoms with E-state index < -0.39 is 21.7 Å². The molecule has 0 aliphatic carbocycles. The zero-order valence-electron chi connectivity index (χ0n) is 11.9. The van der Waals surface area contributed by atoms with Gasteiger partial charge >= 0.3 is 12.0 Å². The van der Waals surface area contributed by atoms with E-state index in [1.165, 1.54) is 27.3 Å². The first-order valence-electron chi connectivity index (χ1n) is 5.94. The maximum absolute atomic E-state index is 12.0. The number of ether oxygens (including phenoxy) is 2. The molecule has 1 aromatic heterocycles. The van der Waals surface area contributed by atoms with Gasteiger partial charge in [-0.25, -0.2) is 18.4 Å². The summed E-state index contributed by atoms with van der Waals surface area (Å²) in [6.07, 6.45) is 1.42. The summed E-state index contributed by atoms with van der Waals surface area (Å²) in [4.78, 5) is 19.2. The molecule has 1 rings (SSSR count). The van der Waals surface area contributed by atoms with Crippen molar-refractivity contribution < 1.29 is 22.7 Å². The maximum atomic E-state index is 12.0. The van der Waals surface area contributed by atoms with E-state index >= 15 is 0 Å². The normalized spacial score (nSPS) is 12.8. The average molecular weight is 302 g/mol. The third kappa shape index (κ3) is 4.44. The minimum atomic E-state index is -3.45. The van der Waals surface area contributed by atoms with E-state index in [1.807, 2.05) is 0 Å². The minimum absolute atomic E-state index is 0.187. The van der Waals surface area contributed by atoms with Crippen molar-refractivity contribution >= 4 is 15.8 Å². The van der Waals surface area contributed by atoms with Gasteiger partial charge in [0.05, 0.1) is 31.6 Å². The van der Waals surface area contributed by atoms with Gasteiger partial charge in [-0.3, -0.25) is 4.79 Å². The van der Waals surface area contributed by atoms with Crippen LogP contribution in [0.2, 0.25) is 0 Å². The van der Waals surface area contributed by atoms with Crippen molar-refractivity contribution in [1.29, 1.82) is 0 Å². The predicted octanol–water partition coefficient (Wildman–Crippen LogP) is 0.518. The van der Waals surface area contributed by atoms with Crippen LogP contribution >= 0.6 is 0 Å². The zero-order valence-corrected chi connectivity index (χ0v) is 12.7. The Bertz CT molecular complexity index is 586. The molecular formula is C12H18N2O5S. The van der Waals surface area contributed by atoms with E-state index in [0.717, 1.165) is 0 Å². The van der Waals surface area contributed by atoms with Crippen molar-refractivity contribution in [2.75, 3.05) is 20.0 Å². The summed E-state index contributed by atoms with van der Waals surface area (Å²) in [5.41, 5.74) is 1.02. The van der Waals surface area contributed by atoms with Crippen molar-refractivity contribution in [2.24, 2.45) is 5.92 Å². The van der Waals surface area contributed by atoms with Crippen molar-refractivity contribution in [3.63, 3.8) is 0 Å². The molecule has 0 radical (unpaired) electrons. The van der Waals surface area contributed by atoms with E-state index in [-0.39, 0.29) is 17.5 Å². The predicted molar refractivity (Wildman–Crippen MR) is 72.0 cm³/mol. The Labute approximate surface area is 118 Å². The molecule has 1 atom stereocenters. The average Bonchev–Trinajstić information content (AvgIpc) is 2.39. The van der Waals surface area contributed by atoms with Crippen LogP contribution in [0.4, 0.5) is 0 Å². The van der Waals surface area contributed by atoms with Crippen LogP contribution in [0.3, 0.4) is 0 Å². The third-order valence-corrected chi connectivity index (χ3v) is 4.48. The summed E-state index contributed by atoms with van der Waals surface area (Å²) in [6, 6.07) is 0.187. The molecule has 0 aromatic carbocycles. The van der Waals surface area contributed by atoms with Crippen molar-refractivity contribution in [2.45, 2.75) is 19.6 Å². The van der Waals surface area contributed by atoms with E-state index in [4.69, 9.17) is 4.74 Å². The lowest BCUT2D eigenvalue weighted by Crippen LogP contribution is -2.23. The smallest absolute Gasteiger partial charge is 0.316 e. The van der Waals surface area contributed by atoms with Crippen molar-refractivity contribution in [1.82, 2.24) is 9.97 Å². The lowest BCUT2D eigenvalue weighted by Gasteiger charge is -2.11. The number of hydrogen-bond donors (Lipinski definition) is 0. The molecule has 0 aliphatic heterocycles. The number of sulfone groups is 1. The van der Waals surface area contributed by atoms with Gasteiger partial charge in [-0.05, 0) is 6.92 Å². The number of aromatic nitrogens is 2. The fourth-order valence-electron chi connectivity index (χ4n) is 1.66. The fourth-order valence-corrected chi connectivity index (χ4v) is 3.43. The standard InChI is InChI=1S/C12H18N2O5S/c1-8(11(15)18-3)6-20(16,17)7-10-5-13-12(19-4)14-9(10)2/h5,8H,6-7H2,1-4H3. The molecule has 1 unspecified atom stereocenters. The molecule has 20 heavy (non-hydrogen) atoms. The Hall–Kier alpha value is -1.70. The Morgan fingerprint density at radius 3 is 2.55 bits per heavy atom. The first-order valence-corrected chi connectivity index (χ1v) is 7.76. The Morgan fingerprint density at radius 1 is 1.40 bits per heavy atom. The van der Waals surface area contributed by atoms with Gasteiger partial charge < -0.3 is 9.47 Å². The third-order valence-electron chi connectivity index (χ3n) is 2.72. The number of aryl methyl sites for hydroxylation is 1. The Morgan fingerprint density at radius 2 is 2.05 bits per heavy atom. The van der Waals surface area contributed by atoms with Crippen LogP contribution in [0.15, 0.2) is 6.20 Å². The molecule has 112 valence electrons. The van der Waals surface area contributed by atoms with Crippen molar-refractivity contribution in [3.8, 4) is 6.01 Å². The zero-order chi connectivity index (χ0) is 15.3. The van der Waals surface area contributed by atoms with Crippen LogP contribution in [0.1, 0.15) is 18.2 Å². The van der Waals surface area contributed by atoms with Gasteiger partial charge in [0.2, 0.25) is 0 Å². The number of rotatable bonds is 6. The largest absolute Gasteiger partial charge is 0.469 e. The summed E-state index contributed by atoms with van der Waals surface area (Å²) >= 11 is 0. The topological polar surface area (TPSA) is 95.5 Å². The van der Waals surface area contributed by atoms with E-state index in [1.54, 1.807) is 6.92 Å². The molecule has 0 aliphatic rings. The van der Waals surface area contributed by atoms with E-state index in [2.05, 4.69) is 14.7 Å². The van der Waals surface area contributed by atoms with Gasteiger partial charge in [0, 0.05) is 17.5 Å². The second-order valence-electron chi connectivity index (χ2n) is 4.45. The molecule has 7 nitrogen and oxygen atoms in total. The number of nitrogens with zero attached hydrogens (tertiary/aromatic N) is 2. The molecular weight excluding hydrogens is 284 g/mol. The van der Waals surface area contributed by atoms with Crippen LogP contribution in [0, 0.1) is 12.8 Å². The first-order chi connectivity index (χ1) is 9.29. The maximum Gasteiger partial charge on any atom is 0.316 e. The van der Waals surface area contributed by atoms with E-state index in [9.17, 15) is 13.2 Å². The van der Waals surface area contributed by atoms with E-state index in [0.29, 0.717) is 11.3 Å². The Balaban J connectivity index is 2.83. The van der Waals surface area contributed by atoms with Gasteiger partial charge in [0.25, 0.3) is 0 Å². The van der Waals surface area contributed by atoms with Crippen LogP contribution in [-0.4, -0.2) is 44.3 Å². The fraction of sp³-hybridized carbons (Fsp3) is 0.583. The highest BCUT2D eigenvalue weighted by Crippen LogP contribution is 2.14. The lowest BCUT2D eigenvalue weighted by molar-refractivity contribution is -0.144. The highest BCUT2D eigenvalue weighted by molar-refractivity contribution is 7.90. The second-order valence-corrected chi connectivity index (χ2v) is 6.56. The lowest BCUT2D eigenvalue weighted by atomic mass is 10.2. The molecule has 0 spiro atoms. The Kier molecular flexibility index (Phi) is 5.43. The van der Waals surface area contributed by atoms with Gasteiger partial charge in [0.15, 0.2) is 9.84 Å². The molecule has 0 saturated heterocycles. The molecule has 0 N–H and O–H groups in total. The SMILES string of the molecule is COC(=O)C(C)CS(=O)(=O)Cc1cnc(OC)nc1C. The van der Waals surface area contributed by atoms with Crippen molar-refractivity contribution in [3.05, 3.63) is 17.5 Å². The molecule has 0 saturated carbocycles. The number of carbonyl (C=O) groups is 1. The summed E-state index contributed by atoms with van der Waals surface area (Å²) in [5, 5.41) is 0. The van der Waals surface area contributed by atoms with Gasteiger partial charge in [0.1, 0.15) is 0 Å². The summed E-state index contributed by atoms with van der Waals surface area (Å²) in [5.74, 6) is -1.74. The molecule has 1 aromatic rings. The van der Waals surface area contributed by atoms with Crippen LogP contribution in [-0.2, 0) is 25.1 Å². The van der Waals surface area contributed by atoms with Gasteiger partial charge in [-0.15, -0.1) is 0 Å². The quantitative estimate of drug-likeness (QED) is 0.707. The summed E-state index contributed by atoms with van der Waals surface area (Å²) in [7, 11) is -0.790. The minimum Gasteiger partial charge on any atom is -0.469 e. The number of carbonyl (C=O) groups excluding carboxylic acids is 1. The molecule has 8 heteroatoms. The van der Waals surface area contributed by atoms with Crippen LogP contribution in [0.25, 0.3) is 0 Å². The number of methoxy groups -OCH3 is 2. The van der Waals surface area contributed by atoms with Gasteiger partial charge in [-0.2, -0.15) is 0 Å². The molecule has 0 bridgehead atoms. The summed E-state index contributed by atoms with van der Waals surface area (Å²) in [6.45, 7) is 3.19. The number of esters is 1. The monoisotopic (exact) mass is 302 g/mol. The molecule has 0 amide bonds. The highest BCUT2D eigenvalue weighted by Gasteiger charge is 2.23. The van der Waals surface area contributed by atoms with Crippen LogP contribution < -0.4 is 4.74 Å². The molecule has 0 fully saturated rings.